The fraction of sp³-hybridized carbons (Fsp3) is 0.348. The number of hydrogen-bond donors (Lipinski definition) is 0. The summed E-state index contributed by atoms with van der Waals surface area (Å²) in [4.78, 5) is 12.3. The van der Waals surface area contributed by atoms with Gasteiger partial charge in [0.1, 0.15) is 12.2 Å². The summed E-state index contributed by atoms with van der Waals surface area (Å²) in [5, 5.41) is 0. The predicted molar refractivity (Wildman–Crippen MR) is 102 cm³/mol. The Morgan fingerprint density at radius 3 is 2.77 bits per heavy atom. The maximum atomic E-state index is 12.3. The maximum Gasteiger partial charge on any atom is 0.509 e. The van der Waals surface area contributed by atoms with Crippen LogP contribution in [-0.4, -0.2) is 12.8 Å². The van der Waals surface area contributed by atoms with Crippen LogP contribution in [0.15, 0.2) is 61.2 Å². The van der Waals surface area contributed by atoms with Crippen LogP contribution >= 0.6 is 0 Å². The molecular formula is C23H24O3. The van der Waals surface area contributed by atoms with Crippen molar-refractivity contribution in [2.24, 2.45) is 0 Å². The van der Waals surface area contributed by atoms with Crippen molar-refractivity contribution in [2.45, 2.75) is 43.6 Å². The van der Waals surface area contributed by atoms with Crippen molar-refractivity contribution < 1.29 is 14.3 Å². The highest BCUT2D eigenvalue weighted by Crippen LogP contribution is 2.61. The molecule has 3 heteroatoms. The molecule has 0 N–H and O–H groups in total. The second-order valence-corrected chi connectivity index (χ2v) is 7.13. The number of rotatable bonds is 4. The van der Waals surface area contributed by atoms with Crippen LogP contribution in [0.5, 0.6) is 0 Å². The third-order valence-electron chi connectivity index (χ3n) is 5.67. The number of hydrogen-bond acceptors (Lipinski definition) is 3. The molecular weight excluding hydrogens is 324 g/mol. The van der Waals surface area contributed by atoms with Gasteiger partial charge in [-0.15, -0.1) is 0 Å². The first-order valence-electron chi connectivity index (χ1n) is 9.42. The van der Waals surface area contributed by atoms with E-state index < -0.39 is 11.8 Å². The van der Waals surface area contributed by atoms with Crippen molar-refractivity contribution in [2.75, 3.05) is 6.61 Å². The molecule has 2 aliphatic rings. The first-order chi connectivity index (χ1) is 12.8. The van der Waals surface area contributed by atoms with Crippen LogP contribution in [0.4, 0.5) is 4.79 Å². The summed E-state index contributed by atoms with van der Waals surface area (Å²) in [6.07, 6.45) is 6.30. The summed E-state index contributed by atoms with van der Waals surface area (Å²) in [5.41, 5.74) is 4.27. The minimum atomic E-state index is -0.592. The van der Waals surface area contributed by atoms with Gasteiger partial charge in [0.05, 0.1) is 0 Å². The van der Waals surface area contributed by atoms with E-state index >= 15 is 0 Å². The molecule has 0 amide bonds. The Morgan fingerprint density at radius 2 is 1.96 bits per heavy atom. The largest absolute Gasteiger partial charge is 0.509 e. The Bertz CT molecular complexity index is 811. The van der Waals surface area contributed by atoms with Crippen molar-refractivity contribution in [1.82, 2.24) is 0 Å². The van der Waals surface area contributed by atoms with Gasteiger partial charge in [-0.05, 0) is 36.0 Å². The van der Waals surface area contributed by atoms with Gasteiger partial charge in [0.15, 0.2) is 0 Å². The van der Waals surface area contributed by atoms with E-state index in [1.54, 1.807) is 6.08 Å². The molecule has 4 rings (SSSR count). The number of fused-ring (bicyclic) bond motifs is 4. The van der Waals surface area contributed by atoms with Gasteiger partial charge in [-0.1, -0.05) is 74.0 Å². The number of carbonyl (C=O) groups excluding carboxylic acids is 1. The zero-order chi connectivity index (χ0) is 18.0. The molecule has 1 saturated carbocycles. The Kier molecular flexibility index (Phi) is 4.54. The minimum Gasteiger partial charge on any atom is -0.430 e. The highest BCUT2D eigenvalue weighted by Gasteiger charge is 2.56. The van der Waals surface area contributed by atoms with Crippen molar-refractivity contribution in [1.29, 1.82) is 0 Å². The monoisotopic (exact) mass is 348 g/mol. The van der Waals surface area contributed by atoms with Crippen molar-refractivity contribution >= 4 is 6.16 Å². The molecule has 0 unspecified atom stereocenters. The van der Waals surface area contributed by atoms with Crippen LogP contribution in [0, 0.1) is 0 Å². The molecule has 0 aliphatic heterocycles. The summed E-state index contributed by atoms with van der Waals surface area (Å²) in [5.74, 6) is 0.264. The molecule has 0 aromatic heterocycles. The van der Waals surface area contributed by atoms with E-state index in [0.29, 0.717) is 0 Å². The summed E-state index contributed by atoms with van der Waals surface area (Å²) < 4.78 is 11.2. The van der Waals surface area contributed by atoms with E-state index in [1.807, 2.05) is 18.2 Å². The number of ether oxygens (including phenoxy) is 2. The van der Waals surface area contributed by atoms with Crippen LogP contribution in [0.2, 0.25) is 0 Å². The lowest BCUT2D eigenvalue weighted by molar-refractivity contribution is -0.0740. The molecule has 0 radical (unpaired) electrons. The molecule has 3 nitrogen and oxygen atoms in total. The highest BCUT2D eigenvalue weighted by atomic mass is 16.7. The third kappa shape index (κ3) is 2.72. The molecule has 0 heterocycles. The van der Waals surface area contributed by atoms with Crippen LogP contribution < -0.4 is 0 Å². The quantitative estimate of drug-likeness (QED) is 0.506. The lowest BCUT2D eigenvalue weighted by Gasteiger charge is -2.50. The average molecular weight is 348 g/mol. The first-order valence-corrected chi connectivity index (χ1v) is 9.42. The molecule has 2 atom stereocenters. The fourth-order valence-corrected chi connectivity index (χ4v) is 4.62. The van der Waals surface area contributed by atoms with Gasteiger partial charge in [0, 0.05) is 11.5 Å². The third-order valence-corrected chi connectivity index (χ3v) is 5.67. The topological polar surface area (TPSA) is 35.5 Å². The lowest BCUT2D eigenvalue weighted by atomic mass is 9.59. The minimum absolute atomic E-state index is 0.173. The number of benzene rings is 2. The average Bonchev–Trinajstić information content (AvgIpc) is 2.85. The molecule has 1 fully saturated rings. The molecule has 2 aromatic carbocycles. The Labute approximate surface area is 154 Å². The molecule has 2 aliphatic carbocycles. The Hall–Kier alpha value is -2.55. The van der Waals surface area contributed by atoms with E-state index in [0.717, 1.165) is 30.4 Å². The van der Waals surface area contributed by atoms with E-state index in [4.69, 9.17) is 9.47 Å². The smallest absolute Gasteiger partial charge is 0.430 e. The summed E-state index contributed by atoms with van der Waals surface area (Å²) in [6, 6.07) is 16.8. The van der Waals surface area contributed by atoms with E-state index in [9.17, 15) is 4.79 Å². The standard InChI is InChI=1S/C23H24O3/c1-2-16-25-22(24)26-23-15-8-4-7-14-20(23)19-13-9-12-18(21(19)23)17-10-5-3-6-11-17/h2-3,5-6,9-13,20H,1,4,7-8,14-16H2/t20-,23+/m1/s1. The van der Waals surface area contributed by atoms with E-state index in [1.165, 1.54) is 24.0 Å². The molecule has 2 aromatic rings. The second kappa shape index (κ2) is 6.99. The Balaban J connectivity index is 1.78. The van der Waals surface area contributed by atoms with Crippen LogP contribution in [0.25, 0.3) is 11.1 Å². The molecule has 0 bridgehead atoms. The van der Waals surface area contributed by atoms with Gasteiger partial charge in [0.2, 0.25) is 0 Å². The van der Waals surface area contributed by atoms with Crippen molar-refractivity contribution in [3.63, 3.8) is 0 Å². The van der Waals surface area contributed by atoms with Crippen LogP contribution in [0.3, 0.4) is 0 Å². The summed E-state index contributed by atoms with van der Waals surface area (Å²) in [7, 11) is 0. The first kappa shape index (κ1) is 16.9. The fourth-order valence-electron chi connectivity index (χ4n) is 4.62. The van der Waals surface area contributed by atoms with Crippen LogP contribution in [-0.2, 0) is 15.1 Å². The molecule has 0 saturated heterocycles. The second-order valence-electron chi connectivity index (χ2n) is 7.13. The maximum absolute atomic E-state index is 12.3. The summed E-state index contributed by atoms with van der Waals surface area (Å²) in [6.45, 7) is 3.77. The van der Waals surface area contributed by atoms with Crippen LogP contribution in [0.1, 0.15) is 49.1 Å². The van der Waals surface area contributed by atoms with Gasteiger partial charge >= 0.3 is 6.16 Å². The van der Waals surface area contributed by atoms with Gasteiger partial charge in [0.25, 0.3) is 0 Å². The molecule has 26 heavy (non-hydrogen) atoms. The van der Waals surface area contributed by atoms with Gasteiger partial charge in [-0.3, -0.25) is 0 Å². The zero-order valence-electron chi connectivity index (χ0n) is 14.9. The van der Waals surface area contributed by atoms with Crippen molar-refractivity contribution in [3.05, 3.63) is 72.3 Å². The van der Waals surface area contributed by atoms with E-state index in [-0.39, 0.29) is 12.5 Å². The molecule has 0 spiro atoms. The normalized spacial score (nSPS) is 23.6. The lowest BCUT2D eigenvalue weighted by Crippen LogP contribution is -2.47. The van der Waals surface area contributed by atoms with Gasteiger partial charge in [-0.2, -0.15) is 0 Å². The van der Waals surface area contributed by atoms with Crippen molar-refractivity contribution in [3.8, 4) is 11.1 Å². The highest BCUT2D eigenvalue weighted by molar-refractivity contribution is 5.75. The number of carbonyl (C=O) groups is 1. The SMILES string of the molecule is C=CCOC(=O)O[C@@]12CCCCC[C@@H]1c1cccc(-c3ccccc3)c12. The molecule has 134 valence electrons. The predicted octanol–water partition coefficient (Wildman–Crippen LogP) is 5.95. The van der Waals surface area contributed by atoms with Gasteiger partial charge < -0.3 is 9.47 Å². The summed E-state index contributed by atoms with van der Waals surface area (Å²) >= 11 is 0. The zero-order valence-corrected chi connectivity index (χ0v) is 14.9. The Morgan fingerprint density at radius 1 is 1.12 bits per heavy atom. The van der Waals surface area contributed by atoms with Gasteiger partial charge in [-0.25, -0.2) is 4.79 Å². The van der Waals surface area contributed by atoms with E-state index in [2.05, 4.69) is 36.9 Å².